The van der Waals surface area contributed by atoms with Crippen LogP contribution in [0.3, 0.4) is 0 Å². The Morgan fingerprint density at radius 3 is 2.29 bits per heavy atom. The molecule has 0 saturated heterocycles. The molecule has 1 aromatic heterocycles. The second-order valence-corrected chi connectivity index (χ2v) is 9.33. The number of benzene rings is 1. The van der Waals surface area contributed by atoms with Gasteiger partial charge in [-0.25, -0.2) is 4.98 Å². The summed E-state index contributed by atoms with van der Waals surface area (Å²) in [6.07, 6.45) is 1.89. The lowest BCUT2D eigenvalue weighted by atomic mass is 9.89. The van der Waals surface area contributed by atoms with E-state index in [0.717, 1.165) is 12.8 Å². The molecule has 0 unspecified atom stereocenters. The minimum Gasteiger partial charge on any atom is -0.503 e. The number of ketones is 1. The van der Waals surface area contributed by atoms with E-state index >= 15 is 0 Å². The molecule has 35 heavy (non-hydrogen) atoms. The molecule has 2 rings (SSSR count). The number of methoxy groups -OCH3 is 1. The molecule has 7 nitrogen and oxygen atoms in total. The molecule has 0 aliphatic rings. The fraction of sp³-hybridized carbons (Fsp3) is 0.519. The Bertz CT molecular complexity index is 991. The second-order valence-electron chi connectivity index (χ2n) is 8.92. The second kappa shape index (κ2) is 13.3. The molecular weight excluding hydrogens is 470 g/mol. The zero-order chi connectivity index (χ0) is 26.1. The van der Waals surface area contributed by atoms with E-state index in [2.05, 4.69) is 18.8 Å². The van der Waals surface area contributed by atoms with Crippen molar-refractivity contribution in [2.24, 2.45) is 17.8 Å². The van der Waals surface area contributed by atoms with Crippen LogP contribution in [0.1, 0.15) is 64.4 Å². The maximum Gasteiger partial charge on any atom is 0.310 e. The van der Waals surface area contributed by atoms with E-state index in [1.54, 1.807) is 19.1 Å². The van der Waals surface area contributed by atoms with Gasteiger partial charge in [0.25, 0.3) is 0 Å². The number of aromatic hydroxyl groups is 1. The van der Waals surface area contributed by atoms with Gasteiger partial charge >= 0.3 is 5.97 Å². The number of esters is 1. The van der Waals surface area contributed by atoms with Crippen molar-refractivity contribution < 1.29 is 28.9 Å². The summed E-state index contributed by atoms with van der Waals surface area (Å²) in [7, 11) is 1.39. The number of halogens is 1. The summed E-state index contributed by atoms with van der Waals surface area (Å²) in [5.41, 5.74) is -0.132. The normalized spacial score (nSPS) is 13.9. The standard InChI is InChI=1S/C27H36ClNO6/c1-7-18(8-2)26(35-22-12-10-9-11-20(22)28)17(5)34-27(32)19(16(3)4)15-21(30)24-25(31)23(33-6)13-14-29-24/h9-14,16-19,26,31H,7-8,15H2,1-6H3/t17-,19-,26-/m0/s1. The fourth-order valence-corrected chi connectivity index (χ4v) is 4.23. The first-order chi connectivity index (χ1) is 16.6. The van der Waals surface area contributed by atoms with E-state index in [-0.39, 0.29) is 35.4 Å². The highest BCUT2D eigenvalue weighted by molar-refractivity contribution is 6.32. The van der Waals surface area contributed by atoms with Crippen LogP contribution in [0.5, 0.6) is 17.2 Å². The fourth-order valence-electron chi connectivity index (χ4n) is 4.05. The lowest BCUT2D eigenvalue weighted by Gasteiger charge is -2.32. The summed E-state index contributed by atoms with van der Waals surface area (Å²) in [4.78, 5) is 30.1. The molecule has 0 radical (unpaired) electrons. The first-order valence-electron chi connectivity index (χ1n) is 12.0. The third kappa shape index (κ3) is 7.34. The van der Waals surface area contributed by atoms with Gasteiger partial charge in [-0.3, -0.25) is 9.59 Å². The number of hydrogen-bond donors (Lipinski definition) is 1. The average molecular weight is 506 g/mol. The van der Waals surface area contributed by atoms with E-state index in [4.69, 9.17) is 25.8 Å². The minimum atomic E-state index is -0.722. The highest BCUT2D eigenvalue weighted by Crippen LogP contribution is 2.32. The molecule has 1 N–H and O–H groups in total. The van der Waals surface area contributed by atoms with Gasteiger partial charge in [0.05, 0.1) is 18.1 Å². The molecule has 1 aromatic carbocycles. The van der Waals surface area contributed by atoms with Crippen molar-refractivity contribution in [2.45, 2.75) is 66.1 Å². The van der Waals surface area contributed by atoms with Gasteiger partial charge in [-0.2, -0.15) is 0 Å². The molecule has 192 valence electrons. The summed E-state index contributed by atoms with van der Waals surface area (Å²) in [5.74, 6) is -1.40. The topological polar surface area (TPSA) is 95.0 Å². The van der Waals surface area contributed by atoms with Gasteiger partial charge in [-0.05, 0) is 43.7 Å². The summed E-state index contributed by atoms with van der Waals surface area (Å²) in [6, 6.07) is 8.66. The number of carbonyl (C=O) groups excluding carboxylic acids is 2. The van der Waals surface area contributed by atoms with Gasteiger partial charge in [-0.1, -0.05) is 51.4 Å². The number of pyridine rings is 1. The molecular formula is C27H36ClNO6. The summed E-state index contributed by atoms with van der Waals surface area (Å²) >= 11 is 6.31. The predicted molar refractivity (Wildman–Crippen MR) is 135 cm³/mol. The third-order valence-corrected chi connectivity index (χ3v) is 6.57. The van der Waals surface area contributed by atoms with Crippen molar-refractivity contribution >= 4 is 23.4 Å². The molecule has 1 heterocycles. The minimum absolute atomic E-state index is 0.131. The number of Topliss-reactive ketones (excluding diaryl/α,β-unsaturated/α-hetero) is 1. The van der Waals surface area contributed by atoms with Crippen LogP contribution in [0.4, 0.5) is 0 Å². The van der Waals surface area contributed by atoms with Crippen LogP contribution >= 0.6 is 11.6 Å². The number of carbonyl (C=O) groups is 2. The molecule has 0 aliphatic heterocycles. The highest BCUT2D eigenvalue weighted by atomic mass is 35.5. The maximum atomic E-state index is 13.2. The van der Waals surface area contributed by atoms with Gasteiger partial charge < -0.3 is 19.3 Å². The molecule has 3 atom stereocenters. The molecule has 0 bridgehead atoms. The zero-order valence-corrected chi connectivity index (χ0v) is 22.0. The number of nitrogens with zero attached hydrogens (tertiary/aromatic N) is 1. The predicted octanol–water partition coefficient (Wildman–Crippen LogP) is 6.11. The molecule has 2 aromatic rings. The van der Waals surface area contributed by atoms with Crippen LogP contribution in [0.15, 0.2) is 36.5 Å². The largest absolute Gasteiger partial charge is 0.503 e. The van der Waals surface area contributed by atoms with Gasteiger partial charge in [0.15, 0.2) is 23.0 Å². The monoisotopic (exact) mass is 505 g/mol. The first kappa shape index (κ1) is 28.4. The van der Waals surface area contributed by atoms with Gasteiger partial charge in [0.2, 0.25) is 0 Å². The summed E-state index contributed by atoms with van der Waals surface area (Å²) < 4.78 is 17.2. The summed E-state index contributed by atoms with van der Waals surface area (Å²) in [6.45, 7) is 9.62. The third-order valence-electron chi connectivity index (χ3n) is 6.26. The smallest absolute Gasteiger partial charge is 0.310 e. The Morgan fingerprint density at radius 1 is 1.06 bits per heavy atom. The van der Waals surface area contributed by atoms with Crippen molar-refractivity contribution in [1.29, 1.82) is 0 Å². The van der Waals surface area contributed by atoms with E-state index in [1.165, 1.54) is 19.4 Å². The van der Waals surface area contributed by atoms with Crippen LogP contribution in [0.2, 0.25) is 5.02 Å². The number of aromatic nitrogens is 1. The number of rotatable bonds is 13. The molecule has 0 spiro atoms. The Kier molecular flexibility index (Phi) is 10.8. The van der Waals surface area contributed by atoms with Crippen molar-refractivity contribution in [3.8, 4) is 17.2 Å². The maximum absolute atomic E-state index is 13.2. The van der Waals surface area contributed by atoms with Crippen molar-refractivity contribution in [1.82, 2.24) is 4.98 Å². The van der Waals surface area contributed by atoms with E-state index in [0.29, 0.717) is 10.8 Å². The van der Waals surface area contributed by atoms with Crippen molar-refractivity contribution in [3.05, 3.63) is 47.2 Å². The number of para-hydroxylation sites is 1. The van der Waals surface area contributed by atoms with Crippen molar-refractivity contribution in [3.63, 3.8) is 0 Å². The van der Waals surface area contributed by atoms with Crippen LogP contribution in [0.25, 0.3) is 0 Å². The van der Waals surface area contributed by atoms with E-state index < -0.39 is 29.9 Å². The first-order valence-corrected chi connectivity index (χ1v) is 12.4. The Hall–Kier alpha value is -2.80. The van der Waals surface area contributed by atoms with Gasteiger partial charge in [0, 0.05) is 18.7 Å². The number of hydrogen-bond acceptors (Lipinski definition) is 7. The van der Waals surface area contributed by atoms with E-state index in [1.807, 2.05) is 26.0 Å². The van der Waals surface area contributed by atoms with Crippen LogP contribution < -0.4 is 9.47 Å². The van der Waals surface area contributed by atoms with Gasteiger partial charge in [-0.15, -0.1) is 0 Å². The SMILES string of the molecule is CCC(CC)[C@@H](Oc1ccccc1Cl)[C@H](C)OC(=O)[C@@H](CC(=O)c1nccc(OC)c1O)C(C)C. The molecule has 0 saturated carbocycles. The van der Waals surface area contributed by atoms with Crippen LogP contribution in [0, 0.1) is 17.8 Å². The Labute approximate surface area is 212 Å². The molecule has 0 amide bonds. The molecule has 0 fully saturated rings. The van der Waals surface area contributed by atoms with Gasteiger partial charge in [0.1, 0.15) is 18.0 Å². The highest BCUT2D eigenvalue weighted by Gasteiger charge is 2.34. The Morgan fingerprint density at radius 2 is 1.71 bits per heavy atom. The van der Waals surface area contributed by atoms with Crippen LogP contribution in [-0.2, 0) is 9.53 Å². The lowest BCUT2D eigenvalue weighted by Crippen LogP contribution is -2.41. The number of ether oxygens (including phenoxy) is 3. The summed E-state index contributed by atoms with van der Waals surface area (Å²) in [5, 5.41) is 10.8. The van der Waals surface area contributed by atoms with Crippen molar-refractivity contribution in [2.75, 3.05) is 7.11 Å². The molecule has 0 aliphatic carbocycles. The zero-order valence-electron chi connectivity index (χ0n) is 21.3. The average Bonchev–Trinajstić information content (AvgIpc) is 2.83. The lowest BCUT2D eigenvalue weighted by molar-refractivity contribution is -0.161. The molecule has 8 heteroatoms. The quantitative estimate of drug-likeness (QED) is 0.259. The Balaban J connectivity index is 2.21. The van der Waals surface area contributed by atoms with E-state index in [9.17, 15) is 14.7 Å². The van der Waals surface area contributed by atoms with Crippen LogP contribution in [-0.4, -0.2) is 41.2 Å².